The molecule has 0 radical (unpaired) electrons. The predicted octanol–water partition coefficient (Wildman–Crippen LogP) is 6.95. The molecule has 0 saturated carbocycles. The van der Waals surface area contributed by atoms with E-state index in [0.717, 1.165) is 0 Å². The second kappa shape index (κ2) is 29.0. The van der Waals surface area contributed by atoms with Gasteiger partial charge in [-0.2, -0.15) is 0 Å². The van der Waals surface area contributed by atoms with Crippen LogP contribution in [0.15, 0.2) is 64.0 Å². The Labute approximate surface area is 519 Å². The summed E-state index contributed by atoms with van der Waals surface area (Å²) in [4.78, 5) is 104. The Bertz CT molecular complexity index is 3360. The Hall–Kier alpha value is -4.94. The van der Waals surface area contributed by atoms with Crippen molar-refractivity contribution in [2.75, 3.05) is 26.4 Å². The van der Waals surface area contributed by atoms with Crippen molar-refractivity contribution in [2.24, 2.45) is 5.92 Å². The van der Waals surface area contributed by atoms with Gasteiger partial charge >= 0.3 is 51.4 Å². The maximum atomic E-state index is 14.3. The first-order valence-corrected chi connectivity index (χ1v) is 29.7. The van der Waals surface area contributed by atoms with E-state index >= 15 is 0 Å². The Morgan fingerprint density at radius 2 is 1.42 bits per heavy atom. The molecular weight excluding hydrogens is 1140 g/mol. The van der Waals surface area contributed by atoms with Gasteiger partial charge < -0.3 is 38.3 Å². The van der Waals surface area contributed by atoms with Crippen LogP contribution in [-0.2, 0) is 20.9 Å². The zero-order valence-electron chi connectivity index (χ0n) is 45.6. The Balaban J connectivity index is 0.00000187. The van der Waals surface area contributed by atoms with E-state index in [4.69, 9.17) is 40.4 Å². The average Bonchev–Trinajstić information content (AvgIpc) is 4.36. The van der Waals surface area contributed by atoms with Gasteiger partial charge in [0.05, 0.1) is 41.2 Å². The molecule has 1 aliphatic heterocycles. The maximum absolute atomic E-state index is 14.3. The normalized spacial score (nSPS) is 16.2. The van der Waals surface area contributed by atoms with Gasteiger partial charge in [-0.15, -0.1) is 68.0 Å². The van der Waals surface area contributed by atoms with Crippen LogP contribution in [0.5, 0.6) is 0 Å². The molecule has 1 aliphatic rings. The molecule has 0 aliphatic carbocycles. The molecule has 4 unspecified atom stereocenters. The van der Waals surface area contributed by atoms with Crippen LogP contribution >= 0.6 is 68.0 Å². The molecule has 0 spiro atoms. The van der Waals surface area contributed by atoms with E-state index in [2.05, 4.69) is 26.3 Å². The number of amides is 4. The number of hydrogen-bond acceptors (Lipinski definition) is 21. The molecule has 7 aromatic heterocycles. The van der Waals surface area contributed by atoms with Gasteiger partial charge in [0.25, 0.3) is 11.8 Å². The van der Waals surface area contributed by atoms with Crippen LogP contribution in [0.2, 0.25) is 0 Å². The number of ketones is 1. The molecule has 26 heteroatoms. The fourth-order valence-electron chi connectivity index (χ4n) is 7.85. The zero-order valence-corrected chi connectivity index (χ0v) is 52.6. The van der Waals surface area contributed by atoms with E-state index in [1.54, 1.807) is 53.4 Å². The van der Waals surface area contributed by atoms with Crippen LogP contribution in [-0.4, -0.2) is 90.1 Å². The van der Waals surface area contributed by atoms with Gasteiger partial charge in [0.2, 0.25) is 11.8 Å². The second-order valence-electron chi connectivity index (χ2n) is 17.0. The van der Waals surface area contributed by atoms with E-state index in [9.17, 15) is 29.1 Å². The largest absolute Gasteiger partial charge is 1.00 e. The molecule has 1 aromatic carbocycles. The van der Waals surface area contributed by atoms with Crippen LogP contribution in [0.1, 0.15) is 142 Å². The number of benzene rings is 1. The van der Waals surface area contributed by atoms with Crippen LogP contribution in [0.4, 0.5) is 5.82 Å². The molecule has 406 valence electrons. The minimum atomic E-state index is -1.23. The van der Waals surface area contributed by atoms with Crippen molar-refractivity contribution in [3.63, 3.8) is 0 Å². The van der Waals surface area contributed by atoms with Crippen molar-refractivity contribution in [2.45, 2.75) is 92.0 Å². The molecule has 8 aromatic rings. The average molecular weight is 1200 g/mol. The van der Waals surface area contributed by atoms with Crippen LogP contribution in [0, 0.1) is 12.8 Å². The first-order chi connectivity index (χ1) is 37.2. The third-order valence-corrected chi connectivity index (χ3v) is 17.4. The van der Waals surface area contributed by atoms with E-state index < -0.39 is 48.4 Å². The van der Waals surface area contributed by atoms with Crippen molar-refractivity contribution in [3.05, 3.63) is 111 Å². The molecule has 8 heterocycles. The third-order valence-electron chi connectivity index (χ3n) is 11.6. The SMILES string of the molecule is CC.CC.CNC(=O)CC1NC(=O)c2csc(n2)-c2ccc(-c3nc(N)cs3)nc2-c2csc(n2)-c2csc(n2)C(C(O)c2ccccc2)NC(=O)CNC(=O)c2nc(sc2COC)C(C(C)C)CC(=O)c2nc1sc2C.[H-].[K+]. The summed E-state index contributed by atoms with van der Waals surface area (Å²) >= 11 is 7.53. The van der Waals surface area contributed by atoms with Crippen molar-refractivity contribution in [3.8, 4) is 43.4 Å². The molecule has 19 nitrogen and oxygen atoms in total. The number of thiazole rings is 6. The van der Waals surface area contributed by atoms with Crippen molar-refractivity contribution >= 4 is 103 Å². The Morgan fingerprint density at radius 3 is 2.12 bits per heavy atom. The number of aliphatic hydroxyl groups is 1. The fourth-order valence-corrected chi connectivity index (χ4v) is 13.4. The number of aromatic nitrogens is 7. The summed E-state index contributed by atoms with van der Waals surface area (Å²) in [6, 6.07) is 10.5. The van der Waals surface area contributed by atoms with Gasteiger partial charge in [-0.3, -0.25) is 24.0 Å². The number of rotatable bonds is 8. The summed E-state index contributed by atoms with van der Waals surface area (Å²) in [6.07, 6.45) is -1.41. The number of aryl methyl sites for hydroxylation is 1. The number of anilines is 1. The summed E-state index contributed by atoms with van der Waals surface area (Å²) < 4.78 is 5.46. The zero-order chi connectivity index (χ0) is 55.5. The smallest absolute Gasteiger partial charge is 1.00 e. The summed E-state index contributed by atoms with van der Waals surface area (Å²) in [5, 5.41) is 32.7. The molecular formula is C52H59KN12O7S6. The maximum Gasteiger partial charge on any atom is 1.00 e. The summed E-state index contributed by atoms with van der Waals surface area (Å²) in [5.41, 5.74) is 9.36. The number of nitrogen functional groups attached to an aromatic ring is 1. The molecule has 9 rings (SSSR count). The third kappa shape index (κ3) is 14.7. The minimum absolute atomic E-state index is 0. The van der Waals surface area contributed by atoms with Gasteiger partial charge in [0, 0.05) is 58.5 Å². The standard InChI is InChI=1S/C48H46N12O7S6.2C2H6.K.H/c1-21(2)25-13-31(61)36-22(3)72-47(59-36)27(14-34(62)50-4)53-41(65)29-18-68-43(55-29)24-11-12-26(45-57-33(49)20-71-45)52-37(24)28-17-69-46(54-28)30-19-70-48(56-30)39(40(64)23-9-7-6-8-10-23)58-35(63)15-51-42(66)38-32(16-67-5)73-44(25)60-38;2*1-2;;/h6-12,17-21,25,27,39-40,64H,13-16,49H2,1-5H3,(H,50,62)(H,51,66)(H,53,65)(H,58,63);2*1-2H3;;/q;;;+1;-1. The number of hydrogen-bond donors (Lipinski definition) is 6. The minimum Gasteiger partial charge on any atom is -1.00 e. The topological polar surface area (TPSA) is 279 Å². The monoisotopic (exact) mass is 1190 g/mol. The molecule has 0 saturated heterocycles. The molecule has 7 N–H and O–H groups in total. The summed E-state index contributed by atoms with van der Waals surface area (Å²) in [6.45, 7) is 13.2. The van der Waals surface area contributed by atoms with E-state index in [1.165, 1.54) is 82.2 Å². The van der Waals surface area contributed by atoms with Crippen LogP contribution in [0.3, 0.4) is 0 Å². The summed E-state index contributed by atoms with van der Waals surface area (Å²) in [7, 11) is 2.99. The van der Waals surface area contributed by atoms with Crippen molar-refractivity contribution in [1.82, 2.24) is 56.2 Å². The fraction of sp³-hybridized carbons (Fsp3) is 0.346. The van der Waals surface area contributed by atoms with Gasteiger partial charge in [-0.1, -0.05) is 71.9 Å². The molecule has 4 atom stereocenters. The number of carbonyl (C=O) groups is 5. The number of carbonyl (C=O) groups excluding carboxylic acids is 5. The summed E-state index contributed by atoms with van der Waals surface area (Å²) in [5.74, 6) is -2.66. The number of fused-ring (bicyclic) bond motifs is 14. The Kier molecular flexibility index (Phi) is 23.1. The molecule has 4 amide bonds. The Morgan fingerprint density at radius 1 is 0.756 bits per heavy atom. The number of ether oxygens (including phenoxy) is 1. The molecule has 10 bridgehead atoms. The quantitative estimate of drug-likeness (QED) is 0.0840. The number of aliphatic hydroxyl groups excluding tert-OH is 1. The van der Waals surface area contributed by atoms with Gasteiger partial charge in [-0.25, -0.2) is 34.9 Å². The van der Waals surface area contributed by atoms with Crippen molar-refractivity contribution in [1.29, 1.82) is 0 Å². The number of Topliss-reactive ketones (excluding diaryl/α,β-unsaturated/α-hetero) is 1. The second-order valence-corrected chi connectivity index (χ2v) is 22.8. The number of nitrogens with zero attached hydrogens (tertiary/aromatic N) is 7. The molecule has 0 fully saturated rings. The van der Waals surface area contributed by atoms with Crippen LogP contribution < -0.4 is 78.4 Å². The van der Waals surface area contributed by atoms with Gasteiger partial charge in [0.1, 0.15) is 77.2 Å². The van der Waals surface area contributed by atoms with Gasteiger partial charge in [0.15, 0.2) is 5.78 Å². The number of pyridine rings is 1. The number of methoxy groups -OCH3 is 1. The van der Waals surface area contributed by atoms with Crippen molar-refractivity contribution < 1.29 is 86.6 Å². The van der Waals surface area contributed by atoms with Gasteiger partial charge in [-0.05, 0) is 30.5 Å². The van der Waals surface area contributed by atoms with E-state index in [0.29, 0.717) is 79.5 Å². The number of nitrogens with one attached hydrogen (secondary N) is 4. The predicted molar refractivity (Wildman–Crippen MR) is 307 cm³/mol. The van der Waals surface area contributed by atoms with E-state index in [-0.39, 0.29) is 107 Å². The number of nitrogens with two attached hydrogens (primary N) is 1. The van der Waals surface area contributed by atoms with Crippen LogP contribution in [0.25, 0.3) is 43.4 Å². The first-order valence-electron chi connectivity index (χ1n) is 24.6. The first kappa shape index (κ1) is 62.3. The molecule has 78 heavy (non-hydrogen) atoms. The van der Waals surface area contributed by atoms with E-state index in [1.807, 2.05) is 59.1 Å².